The standard InChI is InChI=1S/C11H19NO2/c1-9-5-4-7-12(10(9)2)8-6-11(13)14-3/h6,8-10H,4-5,7H2,1-3H3. The number of piperidine rings is 1. The molecule has 0 saturated carbocycles. The van der Waals surface area contributed by atoms with Gasteiger partial charge in [-0.3, -0.25) is 0 Å². The van der Waals surface area contributed by atoms with E-state index in [1.807, 2.05) is 6.20 Å². The fourth-order valence-corrected chi connectivity index (χ4v) is 1.80. The first-order valence-electron chi connectivity index (χ1n) is 5.17. The van der Waals surface area contributed by atoms with Crippen LogP contribution >= 0.6 is 0 Å². The average molecular weight is 197 g/mol. The molecular weight excluding hydrogens is 178 g/mol. The molecule has 1 saturated heterocycles. The van der Waals surface area contributed by atoms with Crippen molar-refractivity contribution in [2.24, 2.45) is 5.92 Å². The maximum absolute atomic E-state index is 10.9. The first-order valence-corrected chi connectivity index (χ1v) is 5.17. The van der Waals surface area contributed by atoms with E-state index >= 15 is 0 Å². The van der Waals surface area contributed by atoms with Crippen LogP contribution < -0.4 is 0 Å². The molecule has 1 aliphatic heterocycles. The highest BCUT2D eigenvalue weighted by molar-refractivity contribution is 5.81. The second kappa shape index (κ2) is 5.03. The lowest BCUT2D eigenvalue weighted by Gasteiger charge is -2.37. The molecule has 0 radical (unpaired) electrons. The molecule has 0 aliphatic carbocycles. The fraction of sp³-hybridized carbons (Fsp3) is 0.727. The summed E-state index contributed by atoms with van der Waals surface area (Å²) in [6.45, 7) is 5.49. The fourth-order valence-electron chi connectivity index (χ4n) is 1.80. The molecule has 0 bridgehead atoms. The van der Waals surface area contributed by atoms with Gasteiger partial charge in [0.15, 0.2) is 0 Å². The van der Waals surface area contributed by atoms with Gasteiger partial charge < -0.3 is 9.64 Å². The van der Waals surface area contributed by atoms with Crippen LogP contribution in [-0.2, 0) is 9.53 Å². The SMILES string of the molecule is COC(=O)C=CN1CCCC(C)C1C. The maximum atomic E-state index is 10.9. The van der Waals surface area contributed by atoms with Crippen molar-refractivity contribution in [1.29, 1.82) is 0 Å². The molecule has 1 aliphatic rings. The lowest BCUT2D eigenvalue weighted by molar-refractivity contribution is -0.134. The third-order valence-electron chi connectivity index (χ3n) is 3.03. The summed E-state index contributed by atoms with van der Waals surface area (Å²) in [4.78, 5) is 13.1. The molecule has 0 amide bonds. The molecule has 2 atom stereocenters. The summed E-state index contributed by atoms with van der Waals surface area (Å²) >= 11 is 0. The molecule has 1 heterocycles. The molecule has 0 spiro atoms. The monoisotopic (exact) mass is 197 g/mol. The highest BCUT2D eigenvalue weighted by Gasteiger charge is 2.21. The summed E-state index contributed by atoms with van der Waals surface area (Å²) in [7, 11) is 1.40. The minimum atomic E-state index is -0.282. The van der Waals surface area contributed by atoms with Crippen LogP contribution in [-0.4, -0.2) is 30.6 Å². The zero-order chi connectivity index (χ0) is 10.6. The first-order chi connectivity index (χ1) is 6.65. The Morgan fingerprint density at radius 1 is 1.50 bits per heavy atom. The number of hydrogen-bond acceptors (Lipinski definition) is 3. The van der Waals surface area contributed by atoms with Gasteiger partial charge in [-0.2, -0.15) is 0 Å². The van der Waals surface area contributed by atoms with Gasteiger partial charge in [0.2, 0.25) is 0 Å². The van der Waals surface area contributed by atoms with Crippen molar-refractivity contribution in [3.8, 4) is 0 Å². The zero-order valence-electron chi connectivity index (χ0n) is 9.19. The predicted molar refractivity (Wildman–Crippen MR) is 55.7 cm³/mol. The van der Waals surface area contributed by atoms with Gasteiger partial charge in [0, 0.05) is 24.9 Å². The molecule has 0 aromatic rings. The molecule has 3 nitrogen and oxygen atoms in total. The molecule has 1 rings (SSSR count). The molecule has 14 heavy (non-hydrogen) atoms. The molecule has 2 unspecified atom stereocenters. The van der Waals surface area contributed by atoms with E-state index < -0.39 is 0 Å². The smallest absolute Gasteiger partial charge is 0.331 e. The van der Waals surface area contributed by atoms with Crippen LogP contribution in [0.1, 0.15) is 26.7 Å². The number of methoxy groups -OCH3 is 1. The Morgan fingerprint density at radius 3 is 2.86 bits per heavy atom. The number of likely N-dealkylation sites (tertiary alicyclic amines) is 1. The van der Waals surface area contributed by atoms with Crippen LogP contribution in [0.2, 0.25) is 0 Å². The number of esters is 1. The van der Waals surface area contributed by atoms with Gasteiger partial charge in [0.25, 0.3) is 0 Å². The molecule has 0 N–H and O–H groups in total. The van der Waals surface area contributed by atoms with Gasteiger partial charge in [-0.05, 0) is 25.7 Å². The van der Waals surface area contributed by atoms with Crippen molar-refractivity contribution in [3.05, 3.63) is 12.3 Å². The summed E-state index contributed by atoms with van der Waals surface area (Å²) in [5.41, 5.74) is 0. The van der Waals surface area contributed by atoms with E-state index in [0.29, 0.717) is 12.0 Å². The minimum Gasteiger partial charge on any atom is -0.466 e. The number of carbonyl (C=O) groups excluding carboxylic acids is 1. The predicted octanol–water partition coefficient (Wildman–Crippen LogP) is 1.79. The Balaban J connectivity index is 2.50. The topological polar surface area (TPSA) is 29.5 Å². The number of carbonyl (C=O) groups is 1. The van der Waals surface area contributed by atoms with Crippen LogP contribution in [0.5, 0.6) is 0 Å². The Morgan fingerprint density at radius 2 is 2.21 bits per heavy atom. The first kappa shape index (κ1) is 11.1. The van der Waals surface area contributed by atoms with E-state index in [1.165, 1.54) is 26.0 Å². The van der Waals surface area contributed by atoms with E-state index in [4.69, 9.17) is 0 Å². The van der Waals surface area contributed by atoms with Crippen LogP contribution in [0.3, 0.4) is 0 Å². The summed E-state index contributed by atoms with van der Waals surface area (Å²) in [6.07, 6.45) is 5.83. The average Bonchev–Trinajstić information content (AvgIpc) is 2.20. The van der Waals surface area contributed by atoms with E-state index in [9.17, 15) is 4.79 Å². The van der Waals surface area contributed by atoms with Crippen LogP contribution in [0.4, 0.5) is 0 Å². The van der Waals surface area contributed by atoms with Crippen LogP contribution in [0.25, 0.3) is 0 Å². The van der Waals surface area contributed by atoms with Gasteiger partial charge in [0.05, 0.1) is 7.11 Å². The molecule has 80 valence electrons. The molecule has 0 aromatic heterocycles. The van der Waals surface area contributed by atoms with Gasteiger partial charge in [-0.1, -0.05) is 6.92 Å². The summed E-state index contributed by atoms with van der Waals surface area (Å²) in [5, 5.41) is 0. The van der Waals surface area contributed by atoms with Crippen molar-refractivity contribution in [2.75, 3.05) is 13.7 Å². The summed E-state index contributed by atoms with van der Waals surface area (Å²) in [6, 6.07) is 0.518. The van der Waals surface area contributed by atoms with Gasteiger partial charge in [-0.25, -0.2) is 4.79 Å². The molecule has 1 fully saturated rings. The van der Waals surface area contributed by atoms with E-state index in [-0.39, 0.29) is 5.97 Å². The summed E-state index contributed by atoms with van der Waals surface area (Å²) < 4.78 is 4.55. The van der Waals surface area contributed by atoms with Crippen LogP contribution in [0.15, 0.2) is 12.3 Å². The molecular formula is C11H19NO2. The Bertz CT molecular complexity index is 225. The van der Waals surface area contributed by atoms with Crippen molar-refractivity contribution in [1.82, 2.24) is 4.90 Å². The maximum Gasteiger partial charge on any atom is 0.331 e. The molecule has 0 aromatic carbocycles. The second-order valence-electron chi connectivity index (χ2n) is 3.94. The van der Waals surface area contributed by atoms with Crippen molar-refractivity contribution < 1.29 is 9.53 Å². The van der Waals surface area contributed by atoms with Gasteiger partial charge in [0.1, 0.15) is 0 Å². The van der Waals surface area contributed by atoms with Crippen molar-refractivity contribution in [3.63, 3.8) is 0 Å². The van der Waals surface area contributed by atoms with Crippen LogP contribution in [0, 0.1) is 5.92 Å². The third-order valence-corrected chi connectivity index (χ3v) is 3.03. The van der Waals surface area contributed by atoms with E-state index in [2.05, 4.69) is 23.5 Å². The summed E-state index contributed by atoms with van der Waals surface area (Å²) in [5.74, 6) is 0.418. The minimum absolute atomic E-state index is 0.282. The molecule has 3 heteroatoms. The van der Waals surface area contributed by atoms with Crippen molar-refractivity contribution in [2.45, 2.75) is 32.7 Å². The number of hydrogen-bond donors (Lipinski definition) is 0. The van der Waals surface area contributed by atoms with E-state index in [0.717, 1.165) is 6.54 Å². The lowest BCUT2D eigenvalue weighted by atomic mass is 9.92. The zero-order valence-corrected chi connectivity index (χ0v) is 9.19. The van der Waals surface area contributed by atoms with E-state index in [1.54, 1.807) is 0 Å². The number of ether oxygens (including phenoxy) is 1. The third kappa shape index (κ3) is 2.76. The van der Waals surface area contributed by atoms with Crippen molar-refractivity contribution >= 4 is 5.97 Å². The number of nitrogens with zero attached hydrogens (tertiary/aromatic N) is 1. The Labute approximate surface area is 85.7 Å². The van der Waals surface area contributed by atoms with Gasteiger partial charge in [-0.15, -0.1) is 0 Å². The quantitative estimate of drug-likeness (QED) is 0.499. The highest BCUT2D eigenvalue weighted by Crippen LogP contribution is 2.22. The second-order valence-corrected chi connectivity index (χ2v) is 3.94. The lowest BCUT2D eigenvalue weighted by Crippen LogP contribution is -2.38. The van der Waals surface area contributed by atoms with Gasteiger partial charge >= 0.3 is 5.97 Å². The Hall–Kier alpha value is -0.990. The normalized spacial score (nSPS) is 28.1. The number of rotatable bonds is 2. The Kier molecular flexibility index (Phi) is 3.98. The largest absolute Gasteiger partial charge is 0.466 e. The highest BCUT2D eigenvalue weighted by atomic mass is 16.5.